The van der Waals surface area contributed by atoms with E-state index in [0.29, 0.717) is 11.5 Å². The van der Waals surface area contributed by atoms with Gasteiger partial charge in [0.25, 0.3) is 0 Å². The number of anilines is 1. The summed E-state index contributed by atoms with van der Waals surface area (Å²) >= 11 is 0. The van der Waals surface area contributed by atoms with Crippen LogP contribution in [0.2, 0.25) is 0 Å². The molecule has 0 saturated carbocycles. The molecule has 1 aromatic heterocycles. The molecule has 3 rings (SSSR count). The van der Waals surface area contributed by atoms with Gasteiger partial charge in [0.05, 0.1) is 22.0 Å². The monoisotopic (exact) mass is 366 g/mol. The predicted octanol–water partition coefficient (Wildman–Crippen LogP) is 3.83. The standard InChI is InChI=1S/C20H22N4OS/c1-13(2)26(25)14-8-9-18-16(12-14)19(10-11-23-18)24-20(21)15-6-4-5-7-17(15)22-3/h4-13,22H,1-3H3,(H2,21,23,24). The summed E-state index contributed by atoms with van der Waals surface area (Å²) < 4.78 is 12.4. The van der Waals surface area contributed by atoms with E-state index in [1.807, 2.05) is 69.4 Å². The Morgan fingerprint density at radius 1 is 1.19 bits per heavy atom. The Hall–Kier alpha value is -2.73. The molecule has 5 nitrogen and oxygen atoms in total. The van der Waals surface area contributed by atoms with Gasteiger partial charge in [-0.15, -0.1) is 0 Å². The van der Waals surface area contributed by atoms with Crippen molar-refractivity contribution in [2.75, 3.05) is 12.4 Å². The highest BCUT2D eigenvalue weighted by Gasteiger charge is 2.12. The Balaban J connectivity index is 2.12. The number of nitrogens with one attached hydrogen (secondary N) is 1. The largest absolute Gasteiger partial charge is 0.388 e. The van der Waals surface area contributed by atoms with E-state index >= 15 is 0 Å². The zero-order valence-electron chi connectivity index (χ0n) is 15.1. The van der Waals surface area contributed by atoms with Gasteiger partial charge >= 0.3 is 0 Å². The molecule has 26 heavy (non-hydrogen) atoms. The average molecular weight is 366 g/mol. The van der Waals surface area contributed by atoms with E-state index in [2.05, 4.69) is 15.3 Å². The third-order valence-electron chi connectivity index (χ3n) is 4.06. The van der Waals surface area contributed by atoms with Gasteiger partial charge in [-0.25, -0.2) is 4.99 Å². The summed E-state index contributed by atoms with van der Waals surface area (Å²) in [6.07, 6.45) is 1.71. The molecule has 0 fully saturated rings. The van der Waals surface area contributed by atoms with Crippen molar-refractivity contribution in [3.63, 3.8) is 0 Å². The van der Waals surface area contributed by atoms with E-state index in [-0.39, 0.29) is 5.25 Å². The zero-order valence-corrected chi connectivity index (χ0v) is 15.9. The fourth-order valence-electron chi connectivity index (χ4n) is 2.72. The van der Waals surface area contributed by atoms with Gasteiger partial charge < -0.3 is 11.1 Å². The number of aliphatic imine (C=N–C) groups is 1. The minimum absolute atomic E-state index is 0.0450. The Kier molecular flexibility index (Phi) is 5.32. The van der Waals surface area contributed by atoms with E-state index in [0.717, 1.165) is 27.0 Å². The first-order chi connectivity index (χ1) is 12.5. The van der Waals surface area contributed by atoms with Crippen molar-refractivity contribution >= 4 is 38.9 Å². The van der Waals surface area contributed by atoms with Crippen molar-refractivity contribution < 1.29 is 4.21 Å². The van der Waals surface area contributed by atoms with Crippen LogP contribution in [0.5, 0.6) is 0 Å². The molecule has 0 bridgehead atoms. The van der Waals surface area contributed by atoms with Gasteiger partial charge in [0.2, 0.25) is 0 Å². The molecule has 0 amide bonds. The Morgan fingerprint density at radius 2 is 1.96 bits per heavy atom. The highest BCUT2D eigenvalue weighted by Crippen LogP contribution is 2.28. The van der Waals surface area contributed by atoms with Crippen molar-refractivity contribution in [2.24, 2.45) is 10.7 Å². The van der Waals surface area contributed by atoms with E-state index in [1.165, 1.54) is 0 Å². The van der Waals surface area contributed by atoms with Gasteiger partial charge in [-0.2, -0.15) is 0 Å². The number of amidine groups is 1. The molecule has 1 heterocycles. The number of benzene rings is 2. The first-order valence-electron chi connectivity index (χ1n) is 8.42. The molecule has 134 valence electrons. The van der Waals surface area contributed by atoms with Crippen molar-refractivity contribution in [3.8, 4) is 0 Å². The number of fused-ring (bicyclic) bond motifs is 1. The normalized spacial score (nSPS) is 13.2. The van der Waals surface area contributed by atoms with E-state index in [4.69, 9.17) is 5.73 Å². The molecule has 2 aromatic carbocycles. The summed E-state index contributed by atoms with van der Waals surface area (Å²) in [5, 5.41) is 4.00. The summed E-state index contributed by atoms with van der Waals surface area (Å²) in [6, 6.07) is 15.2. The molecule has 1 unspecified atom stereocenters. The van der Waals surface area contributed by atoms with Crippen molar-refractivity contribution in [1.82, 2.24) is 4.98 Å². The summed E-state index contributed by atoms with van der Waals surface area (Å²) in [5.41, 5.74) is 9.52. The summed E-state index contributed by atoms with van der Waals surface area (Å²) in [4.78, 5) is 9.78. The molecule has 6 heteroatoms. The van der Waals surface area contributed by atoms with E-state index in [1.54, 1.807) is 6.20 Å². The van der Waals surface area contributed by atoms with Crippen LogP contribution in [0.3, 0.4) is 0 Å². The lowest BCUT2D eigenvalue weighted by atomic mass is 10.1. The third kappa shape index (κ3) is 3.60. The smallest absolute Gasteiger partial charge is 0.133 e. The first kappa shape index (κ1) is 18.1. The fraction of sp³-hybridized carbons (Fsp3) is 0.200. The maximum absolute atomic E-state index is 12.4. The molecule has 0 aliphatic rings. The zero-order chi connectivity index (χ0) is 18.7. The maximum atomic E-state index is 12.4. The number of hydrogen-bond acceptors (Lipinski definition) is 4. The number of pyridine rings is 1. The lowest BCUT2D eigenvalue weighted by molar-refractivity contribution is 0.677. The molecule has 1 atom stereocenters. The van der Waals surface area contributed by atoms with Crippen LogP contribution >= 0.6 is 0 Å². The molecule has 3 N–H and O–H groups in total. The number of para-hydroxylation sites is 1. The van der Waals surface area contributed by atoms with Gasteiger partial charge in [0.1, 0.15) is 5.84 Å². The van der Waals surface area contributed by atoms with Gasteiger partial charge in [0.15, 0.2) is 0 Å². The molecule has 0 aliphatic heterocycles. The van der Waals surface area contributed by atoms with Crippen LogP contribution in [0.15, 0.2) is 64.6 Å². The third-order valence-corrected chi connectivity index (χ3v) is 5.64. The van der Waals surface area contributed by atoms with Crippen molar-refractivity contribution in [2.45, 2.75) is 24.0 Å². The summed E-state index contributed by atoms with van der Waals surface area (Å²) in [6.45, 7) is 3.88. The second-order valence-corrected chi connectivity index (χ2v) is 8.16. The van der Waals surface area contributed by atoms with Crippen LogP contribution in [0.4, 0.5) is 11.4 Å². The van der Waals surface area contributed by atoms with Gasteiger partial charge in [-0.05, 0) is 36.4 Å². The number of hydrogen-bond donors (Lipinski definition) is 2. The molecular weight excluding hydrogens is 344 g/mol. The lowest BCUT2D eigenvalue weighted by Gasteiger charge is -2.10. The van der Waals surface area contributed by atoms with Crippen molar-refractivity contribution in [1.29, 1.82) is 0 Å². The number of nitrogens with zero attached hydrogens (tertiary/aromatic N) is 2. The summed E-state index contributed by atoms with van der Waals surface area (Å²) in [7, 11) is 0.778. The van der Waals surface area contributed by atoms with Crippen LogP contribution in [0.1, 0.15) is 19.4 Å². The van der Waals surface area contributed by atoms with Gasteiger partial charge in [-0.1, -0.05) is 26.0 Å². The quantitative estimate of drug-likeness (QED) is 0.531. The molecular formula is C20H22N4OS. The second kappa shape index (κ2) is 7.66. The Bertz CT molecular complexity index is 998. The molecule has 0 radical (unpaired) electrons. The van der Waals surface area contributed by atoms with Crippen LogP contribution in [-0.4, -0.2) is 27.3 Å². The number of rotatable bonds is 5. The topological polar surface area (TPSA) is 80.4 Å². The number of aromatic nitrogens is 1. The van der Waals surface area contributed by atoms with Gasteiger partial charge in [0, 0.05) is 40.0 Å². The first-order valence-corrected chi connectivity index (χ1v) is 9.63. The molecule has 0 saturated heterocycles. The average Bonchev–Trinajstić information content (AvgIpc) is 2.67. The Morgan fingerprint density at radius 3 is 2.69 bits per heavy atom. The molecule has 3 aromatic rings. The predicted molar refractivity (Wildman–Crippen MR) is 110 cm³/mol. The SMILES string of the molecule is CNc1ccccc1C(N)=Nc1ccnc2ccc(S(=O)C(C)C)cc12. The Labute approximate surface area is 155 Å². The van der Waals surface area contributed by atoms with E-state index < -0.39 is 10.8 Å². The fourth-order valence-corrected chi connectivity index (χ4v) is 3.70. The highest BCUT2D eigenvalue weighted by atomic mass is 32.2. The minimum Gasteiger partial charge on any atom is -0.388 e. The van der Waals surface area contributed by atoms with E-state index in [9.17, 15) is 4.21 Å². The minimum atomic E-state index is -1.07. The van der Waals surface area contributed by atoms with Crippen LogP contribution in [-0.2, 0) is 10.8 Å². The van der Waals surface area contributed by atoms with Crippen molar-refractivity contribution in [3.05, 3.63) is 60.3 Å². The van der Waals surface area contributed by atoms with Crippen LogP contribution < -0.4 is 11.1 Å². The maximum Gasteiger partial charge on any atom is 0.133 e. The highest BCUT2D eigenvalue weighted by molar-refractivity contribution is 7.85. The number of nitrogens with two attached hydrogens (primary N) is 1. The lowest BCUT2D eigenvalue weighted by Crippen LogP contribution is -2.14. The van der Waals surface area contributed by atoms with Crippen LogP contribution in [0.25, 0.3) is 10.9 Å². The summed E-state index contributed by atoms with van der Waals surface area (Å²) in [5.74, 6) is 0.415. The van der Waals surface area contributed by atoms with Gasteiger partial charge in [-0.3, -0.25) is 9.19 Å². The molecule has 0 aliphatic carbocycles. The van der Waals surface area contributed by atoms with Crippen LogP contribution in [0, 0.1) is 0 Å². The second-order valence-electron chi connectivity index (χ2n) is 6.15. The molecule has 0 spiro atoms.